The lowest BCUT2D eigenvalue weighted by atomic mass is 9.84. The van der Waals surface area contributed by atoms with Gasteiger partial charge in [-0.15, -0.1) is 0 Å². The highest BCUT2D eigenvalue weighted by Crippen LogP contribution is 2.31. The van der Waals surface area contributed by atoms with Crippen LogP contribution in [-0.4, -0.2) is 0 Å². The minimum atomic E-state index is 0. The minimum absolute atomic E-state index is 0. The Morgan fingerprint density at radius 3 is 1.50 bits per heavy atom. The molecule has 0 aromatic heterocycles. The van der Waals surface area contributed by atoms with Gasteiger partial charge >= 0.3 is 0 Å². The van der Waals surface area contributed by atoms with Gasteiger partial charge in [-0.1, -0.05) is 85.4 Å². The van der Waals surface area contributed by atoms with Crippen LogP contribution in [0.1, 0.15) is 83.4 Å². The molecule has 0 saturated heterocycles. The summed E-state index contributed by atoms with van der Waals surface area (Å²) in [6, 6.07) is 6.78. The van der Waals surface area contributed by atoms with Gasteiger partial charge in [-0.05, 0) is 53.4 Å². The number of hydrogen-bond acceptors (Lipinski definition) is 0. The fourth-order valence-corrected chi connectivity index (χ4v) is 2.72. The molecule has 0 radical (unpaired) electrons. The predicted octanol–water partition coefficient (Wildman–Crippen LogP) is 7.56. The third kappa shape index (κ3) is 7.11. The SMILES string of the molecule is C.C=Cc1cc(C=C)cc(C(CCC(C)C)CCC(C)C)c1. The normalized spacial score (nSPS) is 10.9. The second kappa shape index (κ2) is 10.4. The molecular formula is C22H36. The van der Waals surface area contributed by atoms with E-state index in [1.54, 1.807) is 0 Å². The average Bonchev–Trinajstić information content (AvgIpc) is 2.46. The van der Waals surface area contributed by atoms with Crippen LogP contribution in [-0.2, 0) is 0 Å². The highest BCUT2D eigenvalue weighted by Gasteiger charge is 2.14. The van der Waals surface area contributed by atoms with Crippen molar-refractivity contribution in [1.29, 1.82) is 0 Å². The van der Waals surface area contributed by atoms with Gasteiger partial charge in [0.2, 0.25) is 0 Å². The van der Waals surface area contributed by atoms with E-state index in [0.717, 1.165) is 11.8 Å². The Labute approximate surface area is 139 Å². The van der Waals surface area contributed by atoms with Gasteiger partial charge in [-0.3, -0.25) is 0 Å². The zero-order valence-corrected chi connectivity index (χ0v) is 14.4. The number of benzene rings is 1. The first-order chi connectivity index (χ1) is 9.96. The maximum Gasteiger partial charge on any atom is -0.0161 e. The predicted molar refractivity (Wildman–Crippen MR) is 104 cm³/mol. The van der Waals surface area contributed by atoms with Crippen molar-refractivity contribution in [3.63, 3.8) is 0 Å². The van der Waals surface area contributed by atoms with E-state index < -0.39 is 0 Å². The summed E-state index contributed by atoms with van der Waals surface area (Å²) in [6.07, 6.45) is 9.04. The lowest BCUT2D eigenvalue weighted by Crippen LogP contribution is -2.04. The first kappa shape index (κ1) is 20.7. The molecule has 0 N–H and O–H groups in total. The Balaban J connectivity index is 0.00000441. The van der Waals surface area contributed by atoms with Crippen molar-refractivity contribution in [3.8, 4) is 0 Å². The van der Waals surface area contributed by atoms with Gasteiger partial charge in [0.05, 0.1) is 0 Å². The molecule has 0 heteroatoms. The summed E-state index contributed by atoms with van der Waals surface area (Å²) in [4.78, 5) is 0. The largest absolute Gasteiger partial charge is 0.0985 e. The van der Waals surface area contributed by atoms with Gasteiger partial charge in [-0.2, -0.15) is 0 Å². The second-order valence-corrected chi connectivity index (χ2v) is 6.98. The molecule has 0 amide bonds. The van der Waals surface area contributed by atoms with E-state index in [0.29, 0.717) is 5.92 Å². The Kier molecular flexibility index (Phi) is 9.81. The van der Waals surface area contributed by atoms with Crippen LogP contribution in [0.4, 0.5) is 0 Å². The van der Waals surface area contributed by atoms with Crippen LogP contribution in [0, 0.1) is 11.8 Å². The van der Waals surface area contributed by atoms with Crippen LogP contribution < -0.4 is 0 Å². The van der Waals surface area contributed by atoms with Crippen molar-refractivity contribution in [2.24, 2.45) is 11.8 Å². The lowest BCUT2D eigenvalue weighted by Gasteiger charge is -2.21. The lowest BCUT2D eigenvalue weighted by molar-refractivity contribution is 0.441. The Morgan fingerprint density at radius 1 is 0.773 bits per heavy atom. The van der Waals surface area contributed by atoms with Crippen LogP contribution in [0.3, 0.4) is 0 Å². The van der Waals surface area contributed by atoms with Crippen molar-refractivity contribution in [3.05, 3.63) is 48.0 Å². The molecule has 1 aromatic carbocycles. The highest BCUT2D eigenvalue weighted by molar-refractivity contribution is 5.58. The molecule has 0 atom stereocenters. The van der Waals surface area contributed by atoms with Gasteiger partial charge in [0.1, 0.15) is 0 Å². The van der Waals surface area contributed by atoms with Gasteiger partial charge in [-0.25, -0.2) is 0 Å². The first-order valence-corrected chi connectivity index (χ1v) is 8.36. The molecule has 0 aliphatic rings. The maximum atomic E-state index is 3.92. The van der Waals surface area contributed by atoms with Gasteiger partial charge in [0.25, 0.3) is 0 Å². The molecule has 0 bridgehead atoms. The van der Waals surface area contributed by atoms with Crippen LogP contribution in [0.5, 0.6) is 0 Å². The number of hydrogen-bond donors (Lipinski definition) is 0. The third-order valence-electron chi connectivity index (χ3n) is 4.13. The fourth-order valence-electron chi connectivity index (χ4n) is 2.72. The zero-order chi connectivity index (χ0) is 15.8. The van der Waals surface area contributed by atoms with Gasteiger partial charge in [0, 0.05) is 0 Å². The van der Waals surface area contributed by atoms with E-state index in [1.807, 2.05) is 12.2 Å². The molecule has 0 nitrogen and oxygen atoms in total. The van der Waals surface area contributed by atoms with Crippen LogP contribution >= 0.6 is 0 Å². The van der Waals surface area contributed by atoms with Crippen molar-refractivity contribution in [1.82, 2.24) is 0 Å². The van der Waals surface area contributed by atoms with E-state index in [2.05, 4.69) is 59.1 Å². The molecule has 1 rings (SSSR count). The van der Waals surface area contributed by atoms with Gasteiger partial charge in [0.15, 0.2) is 0 Å². The minimum Gasteiger partial charge on any atom is -0.0985 e. The number of rotatable bonds is 9. The summed E-state index contributed by atoms with van der Waals surface area (Å²) < 4.78 is 0. The molecule has 0 aliphatic carbocycles. The quantitative estimate of drug-likeness (QED) is 0.441. The highest BCUT2D eigenvalue weighted by atomic mass is 14.2. The Bertz CT molecular complexity index is 413. The van der Waals surface area contributed by atoms with Crippen molar-refractivity contribution in [2.75, 3.05) is 0 Å². The molecule has 0 aliphatic heterocycles. The maximum absolute atomic E-state index is 3.92. The standard InChI is InChI=1S/C21H32.CH4/c1-7-18-13-19(8-2)15-21(14-18)20(11-9-16(3)4)12-10-17(5)6;/h7-8,13-17,20H,1-2,9-12H2,3-6H3;1H4. The summed E-state index contributed by atoms with van der Waals surface area (Å²) >= 11 is 0. The van der Waals surface area contributed by atoms with Crippen LogP contribution in [0.15, 0.2) is 31.4 Å². The molecule has 22 heavy (non-hydrogen) atoms. The molecule has 1 aromatic rings. The topological polar surface area (TPSA) is 0 Å². The summed E-state index contributed by atoms with van der Waals surface area (Å²) in [5, 5.41) is 0. The van der Waals surface area contributed by atoms with E-state index in [1.165, 1.54) is 42.4 Å². The first-order valence-electron chi connectivity index (χ1n) is 8.36. The van der Waals surface area contributed by atoms with Crippen LogP contribution in [0.25, 0.3) is 12.2 Å². The fraction of sp³-hybridized carbons (Fsp3) is 0.545. The van der Waals surface area contributed by atoms with Gasteiger partial charge < -0.3 is 0 Å². The molecule has 0 heterocycles. The summed E-state index contributed by atoms with van der Waals surface area (Å²) in [6.45, 7) is 17.1. The summed E-state index contributed by atoms with van der Waals surface area (Å²) in [5.74, 6) is 2.20. The van der Waals surface area contributed by atoms with Crippen LogP contribution in [0.2, 0.25) is 0 Å². The van der Waals surface area contributed by atoms with E-state index in [4.69, 9.17) is 0 Å². The smallest absolute Gasteiger partial charge is 0.0161 e. The Morgan fingerprint density at radius 2 is 1.18 bits per heavy atom. The molecule has 0 unspecified atom stereocenters. The van der Waals surface area contributed by atoms with Crippen molar-refractivity contribution < 1.29 is 0 Å². The Hall–Kier alpha value is -1.30. The zero-order valence-electron chi connectivity index (χ0n) is 14.4. The monoisotopic (exact) mass is 300 g/mol. The molecular weight excluding hydrogens is 264 g/mol. The second-order valence-electron chi connectivity index (χ2n) is 6.98. The summed E-state index contributed by atoms with van der Waals surface area (Å²) in [5.41, 5.74) is 3.88. The van der Waals surface area contributed by atoms with E-state index in [9.17, 15) is 0 Å². The average molecular weight is 301 g/mol. The van der Waals surface area contributed by atoms with Crippen molar-refractivity contribution >= 4 is 12.2 Å². The molecule has 0 fully saturated rings. The molecule has 0 spiro atoms. The van der Waals surface area contributed by atoms with E-state index >= 15 is 0 Å². The molecule has 124 valence electrons. The van der Waals surface area contributed by atoms with E-state index in [-0.39, 0.29) is 7.43 Å². The molecule has 0 saturated carbocycles. The van der Waals surface area contributed by atoms with Crippen molar-refractivity contribution in [2.45, 2.75) is 66.7 Å². The third-order valence-corrected chi connectivity index (χ3v) is 4.13. The summed E-state index contributed by atoms with van der Waals surface area (Å²) in [7, 11) is 0.